The Bertz CT molecular complexity index is 774. The van der Waals surface area contributed by atoms with Crippen LogP contribution in [0.5, 0.6) is 0 Å². The summed E-state index contributed by atoms with van der Waals surface area (Å²) in [7, 11) is 0. The quantitative estimate of drug-likeness (QED) is 0.606. The lowest BCUT2D eigenvalue weighted by molar-refractivity contribution is 0.0179. The molecule has 1 saturated heterocycles. The average molecular weight is 370 g/mol. The number of nitrogens with two attached hydrogens (primary N) is 1. The van der Waals surface area contributed by atoms with Crippen molar-refractivity contribution in [2.75, 3.05) is 38.2 Å². The lowest BCUT2D eigenvalue weighted by Crippen LogP contribution is -2.40. The molecule has 0 aromatic heterocycles. The first-order valence-corrected chi connectivity index (χ1v) is 9.39. The molecule has 2 aromatic rings. The largest absolute Gasteiger partial charge is 0.379 e. The van der Waals surface area contributed by atoms with Gasteiger partial charge in [-0.25, -0.2) is 4.39 Å². The molecular formula is C21H27FN4O. The second-order valence-electron chi connectivity index (χ2n) is 6.62. The normalized spacial score (nSPS) is 16.9. The number of ether oxygens (including phenoxy) is 1. The molecule has 27 heavy (non-hydrogen) atoms. The number of nitrogens with one attached hydrogen (secondary N) is 1. The molecule has 1 fully saturated rings. The van der Waals surface area contributed by atoms with Crippen molar-refractivity contribution in [3.05, 3.63) is 65.5 Å². The zero-order chi connectivity index (χ0) is 19.1. The maximum absolute atomic E-state index is 13.7. The fourth-order valence-corrected chi connectivity index (χ4v) is 3.28. The third-order valence-electron chi connectivity index (χ3n) is 4.76. The molecule has 1 aliphatic rings. The van der Waals surface area contributed by atoms with Crippen LogP contribution in [0.2, 0.25) is 0 Å². The number of benzene rings is 2. The van der Waals surface area contributed by atoms with Gasteiger partial charge in [0.25, 0.3) is 0 Å². The molecule has 1 heterocycles. The number of rotatable bonds is 6. The van der Waals surface area contributed by atoms with Crippen LogP contribution in [0.25, 0.3) is 0 Å². The van der Waals surface area contributed by atoms with Gasteiger partial charge in [-0.3, -0.25) is 9.89 Å². The number of morpholine rings is 1. The van der Waals surface area contributed by atoms with E-state index in [1.54, 1.807) is 12.1 Å². The summed E-state index contributed by atoms with van der Waals surface area (Å²) in [5.41, 5.74) is 9.16. The predicted molar refractivity (Wildman–Crippen MR) is 107 cm³/mol. The lowest BCUT2D eigenvalue weighted by Gasteiger charge is -2.34. The Kier molecular flexibility index (Phi) is 6.79. The van der Waals surface area contributed by atoms with Crippen LogP contribution in [-0.4, -0.2) is 43.7 Å². The Morgan fingerprint density at radius 2 is 2.00 bits per heavy atom. The first-order chi connectivity index (χ1) is 13.2. The van der Waals surface area contributed by atoms with E-state index >= 15 is 0 Å². The van der Waals surface area contributed by atoms with Crippen molar-refractivity contribution in [3.8, 4) is 0 Å². The van der Waals surface area contributed by atoms with Gasteiger partial charge in [-0.1, -0.05) is 31.2 Å². The molecule has 3 N–H and O–H groups in total. The molecule has 144 valence electrons. The van der Waals surface area contributed by atoms with E-state index in [4.69, 9.17) is 10.5 Å². The Hall–Kier alpha value is -2.44. The van der Waals surface area contributed by atoms with E-state index in [1.807, 2.05) is 18.2 Å². The van der Waals surface area contributed by atoms with E-state index in [2.05, 4.69) is 34.3 Å². The summed E-state index contributed by atoms with van der Waals surface area (Å²) >= 11 is 0. The molecule has 0 radical (unpaired) electrons. The van der Waals surface area contributed by atoms with Crippen LogP contribution in [-0.2, 0) is 11.2 Å². The van der Waals surface area contributed by atoms with Gasteiger partial charge in [0.1, 0.15) is 5.82 Å². The SMILES string of the molecule is CCc1cccc(NC(N)=NCC(c2cccc(F)c2)N2CCOCC2)c1. The summed E-state index contributed by atoms with van der Waals surface area (Å²) in [6.07, 6.45) is 0.964. The molecule has 0 aliphatic carbocycles. The van der Waals surface area contributed by atoms with Gasteiger partial charge in [0.05, 0.1) is 25.8 Å². The number of nitrogens with zero attached hydrogens (tertiary/aromatic N) is 2. The Morgan fingerprint density at radius 3 is 2.74 bits per heavy atom. The Morgan fingerprint density at radius 1 is 1.22 bits per heavy atom. The number of hydrogen-bond acceptors (Lipinski definition) is 3. The fourth-order valence-electron chi connectivity index (χ4n) is 3.28. The molecule has 0 amide bonds. The minimum atomic E-state index is -0.239. The number of aliphatic imine (C=N–C) groups is 1. The first kappa shape index (κ1) is 19.3. The van der Waals surface area contributed by atoms with E-state index in [-0.39, 0.29) is 11.9 Å². The van der Waals surface area contributed by atoms with Gasteiger partial charge in [0.2, 0.25) is 0 Å². The molecule has 5 nitrogen and oxygen atoms in total. The summed E-state index contributed by atoms with van der Waals surface area (Å²) in [5.74, 6) is 0.120. The van der Waals surface area contributed by atoms with Gasteiger partial charge in [0.15, 0.2) is 5.96 Å². The van der Waals surface area contributed by atoms with Crippen molar-refractivity contribution in [3.63, 3.8) is 0 Å². The molecule has 3 rings (SSSR count). The summed E-state index contributed by atoms with van der Waals surface area (Å²) in [6.45, 7) is 5.50. The first-order valence-electron chi connectivity index (χ1n) is 9.39. The van der Waals surface area contributed by atoms with E-state index in [9.17, 15) is 4.39 Å². The second kappa shape index (κ2) is 9.48. The molecule has 0 spiro atoms. The third kappa shape index (κ3) is 5.52. The molecule has 0 saturated carbocycles. The van der Waals surface area contributed by atoms with Crippen LogP contribution in [0.1, 0.15) is 24.1 Å². The van der Waals surface area contributed by atoms with Crippen molar-refractivity contribution in [1.82, 2.24) is 4.90 Å². The molecular weight excluding hydrogens is 343 g/mol. The van der Waals surface area contributed by atoms with Crippen LogP contribution < -0.4 is 11.1 Å². The van der Waals surface area contributed by atoms with Crippen LogP contribution in [0.3, 0.4) is 0 Å². The Balaban J connectivity index is 1.73. The van der Waals surface area contributed by atoms with Crippen molar-refractivity contribution in [1.29, 1.82) is 0 Å². The van der Waals surface area contributed by atoms with Gasteiger partial charge < -0.3 is 15.8 Å². The smallest absolute Gasteiger partial charge is 0.193 e. The highest BCUT2D eigenvalue weighted by molar-refractivity contribution is 5.92. The van der Waals surface area contributed by atoms with Crippen molar-refractivity contribution in [2.45, 2.75) is 19.4 Å². The van der Waals surface area contributed by atoms with Crippen LogP contribution >= 0.6 is 0 Å². The van der Waals surface area contributed by atoms with Gasteiger partial charge in [-0.2, -0.15) is 0 Å². The van der Waals surface area contributed by atoms with Gasteiger partial charge in [0, 0.05) is 18.8 Å². The van der Waals surface area contributed by atoms with Crippen molar-refractivity contribution < 1.29 is 9.13 Å². The second-order valence-corrected chi connectivity index (χ2v) is 6.62. The van der Waals surface area contributed by atoms with Crippen LogP contribution in [0.4, 0.5) is 10.1 Å². The maximum Gasteiger partial charge on any atom is 0.193 e. The zero-order valence-electron chi connectivity index (χ0n) is 15.7. The fraction of sp³-hybridized carbons (Fsp3) is 0.381. The lowest BCUT2D eigenvalue weighted by atomic mass is 10.0. The predicted octanol–water partition coefficient (Wildman–Crippen LogP) is 3.19. The number of halogens is 1. The van der Waals surface area contributed by atoms with Crippen LogP contribution in [0, 0.1) is 5.82 Å². The molecule has 0 bridgehead atoms. The topological polar surface area (TPSA) is 62.9 Å². The summed E-state index contributed by atoms with van der Waals surface area (Å²) in [6, 6.07) is 14.8. The van der Waals surface area contributed by atoms with Gasteiger partial charge >= 0.3 is 0 Å². The summed E-state index contributed by atoms with van der Waals surface area (Å²) in [4.78, 5) is 6.81. The van der Waals surface area contributed by atoms with Gasteiger partial charge in [-0.15, -0.1) is 0 Å². The van der Waals surface area contributed by atoms with Crippen LogP contribution in [0.15, 0.2) is 53.5 Å². The highest BCUT2D eigenvalue weighted by Crippen LogP contribution is 2.23. The zero-order valence-corrected chi connectivity index (χ0v) is 15.7. The number of anilines is 1. The molecule has 1 aliphatic heterocycles. The minimum absolute atomic E-state index is 0.0353. The van der Waals surface area contributed by atoms with Crippen molar-refractivity contribution >= 4 is 11.6 Å². The monoisotopic (exact) mass is 370 g/mol. The molecule has 6 heteroatoms. The highest BCUT2D eigenvalue weighted by atomic mass is 19.1. The molecule has 2 aromatic carbocycles. The Labute approximate surface area is 160 Å². The minimum Gasteiger partial charge on any atom is -0.379 e. The third-order valence-corrected chi connectivity index (χ3v) is 4.76. The number of guanidine groups is 1. The number of hydrogen-bond donors (Lipinski definition) is 2. The molecule has 1 atom stereocenters. The summed E-state index contributed by atoms with van der Waals surface area (Å²) < 4.78 is 19.2. The van der Waals surface area contributed by atoms with E-state index in [1.165, 1.54) is 11.6 Å². The van der Waals surface area contributed by atoms with E-state index < -0.39 is 0 Å². The highest BCUT2D eigenvalue weighted by Gasteiger charge is 2.22. The summed E-state index contributed by atoms with van der Waals surface area (Å²) in [5, 5.41) is 3.15. The van der Waals surface area contributed by atoms with E-state index in [0.29, 0.717) is 25.7 Å². The van der Waals surface area contributed by atoms with Gasteiger partial charge in [-0.05, 0) is 41.8 Å². The maximum atomic E-state index is 13.7. The van der Waals surface area contributed by atoms with Crippen molar-refractivity contribution in [2.24, 2.45) is 10.7 Å². The van der Waals surface area contributed by atoms with E-state index in [0.717, 1.165) is 30.8 Å². The standard InChI is InChI=1S/C21H27FN4O/c1-2-16-5-3-8-19(13-16)25-21(23)24-15-20(26-9-11-27-12-10-26)17-6-4-7-18(22)14-17/h3-8,13-14,20H,2,9-12,15H2,1H3,(H3,23,24,25). The number of aryl methyl sites for hydroxylation is 1. The molecule has 1 unspecified atom stereocenters. The average Bonchev–Trinajstić information content (AvgIpc) is 2.69.